The summed E-state index contributed by atoms with van der Waals surface area (Å²) in [5.41, 5.74) is 0.648. The summed E-state index contributed by atoms with van der Waals surface area (Å²) in [5, 5.41) is 21.3. The molecule has 0 aliphatic rings. The van der Waals surface area contributed by atoms with Crippen molar-refractivity contribution < 1.29 is 24.2 Å². The molecule has 0 spiro atoms. The Balaban J connectivity index is 2.12. The monoisotopic (exact) mass is 373 g/mol. The van der Waals surface area contributed by atoms with Crippen LogP contribution in [0.25, 0.3) is 21.2 Å². The summed E-state index contributed by atoms with van der Waals surface area (Å²) in [6.07, 6.45) is 0. The smallest absolute Gasteiger partial charge is 0.322 e. The lowest BCUT2D eigenvalue weighted by Crippen LogP contribution is -2.32. The van der Waals surface area contributed by atoms with Gasteiger partial charge in [-0.15, -0.1) is 0 Å². The number of halogens is 1. The molecule has 1 aromatic heterocycles. The molecule has 0 unspecified atom stereocenters. The number of benzene rings is 2. The van der Waals surface area contributed by atoms with Crippen LogP contribution in [0.4, 0.5) is 4.39 Å². The zero-order valence-electron chi connectivity index (χ0n) is 13.2. The fraction of sp³-hybridized carbons (Fsp3) is 0.0556. The number of aromatic hydroxyl groups is 1. The number of hydrogen-bond donors (Lipinski definition) is 3. The van der Waals surface area contributed by atoms with Crippen molar-refractivity contribution in [3.05, 3.63) is 63.4 Å². The molecule has 6 nitrogen and oxygen atoms in total. The Hall–Kier alpha value is -3.26. The highest BCUT2D eigenvalue weighted by molar-refractivity contribution is 7.16. The van der Waals surface area contributed by atoms with Crippen molar-refractivity contribution >= 4 is 33.3 Å². The Morgan fingerprint density at radius 1 is 1.12 bits per heavy atom. The van der Waals surface area contributed by atoms with Crippen LogP contribution < -0.4 is 10.1 Å². The summed E-state index contributed by atoms with van der Waals surface area (Å²) in [5.74, 6) is -3.20. The molecule has 0 fully saturated rings. The molecule has 2 aromatic carbocycles. The maximum atomic E-state index is 13.4. The van der Waals surface area contributed by atoms with Gasteiger partial charge in [0.25, 0.3) is 5.91 Å². The van der Waals surface area contributed by atoms with Crippen LogP contribution in [0.1, 0.15) is 10.4 Å². The van der Waals surface area contributed by atoms with Crippen LogP contribution in [0.2, 0.25) is 0 Å². The Labute approximate surface area is 150 Å². The fourth-order valence-electron chi connectivity index (χ4n) is 2.48. The van der Waals surface area contributed by atoms with E-state index in [9.17, 15) is 23.9 Å². The van der Waals surface area contributed by atoms with Gasteiger partial charge in [0.05, 0.1) is 0 Å². The van der Waals surface area contributed by atoms with E-state index in [0.717, 1.165) is 11.3 Å². The van der Waals surface area contributed by atoms with Crippen molar-refractivity contribution in [2.45, 2.75) is 0 Å². The molecule has 0 saturated carbocycles. The SMILES string of the molecule is O=C(O)CNC(=O)c1c(O)c2cc(-c3cccc(F)c3)ccc2sc1=O. The molecule has 0 aliphatic carbocycles. The van der Waals surface area contributed by atoms with Crippen molar-refractivity contribution in [1.82, 2.24) is 5.32 Å². The van der Waals surface area contributed by atoms with Crippen LogP contribution >= 0.6 is 11.3 Å². The van der Waals surface area contributed by atoms with Gasteiger partial charge < -0.3 is 15.5 Å². The maximum Gasteiger partial charge on any atom is 0.322 e. The van der Waals surface area contributed by atoms with Crippen molar-refractivity contribution in [2.24, 2.45) is 0 Å². The largest absolute Gasteiger partial charge is 0.506 e. The molecule has 8 heteroatoms. The predicted octanol–water partition coefficient (Wildman–Crippen LogP) is 2.59. The molecule has 26 heavy (non-hydrogen) atoms. The molecule has 3 rings (SSSR count). The zero-order chi connectivity index (χ0) is 18.8. The summed E-state index contributed by atoms with van der Waals surface area (Å²) in [7, 11) is 0. The third-order valence-corrected chi connectivity index (χ3v) is 4.63. The second kappa shape index (κ2) is 6.93. The zero-order valence-corrected chi connectivity index (χ0v) is 14.0. The minimum Gasteiger partial charge on any atom is -0.506 e. The van der Waals surface area contributed by atoms with Crippen molar-refractivity contribution in [3.63, 3.8) is 0 Å². The molecule has 1 amide bonds. The van der Waals surface area contributed by atoms with Crippen LogP contribution in [0.15, 0.2) is 47.3 Å². The number of aliphatic carboxylic acids is 1. The molecule has 1 heterocycles. The van der Waals surface area contributed by atoms with Gasteiger partial charge in [-0.3, -0.25) is 14.4 Å². The Bertz CT molecular complexity index is 1090. The van der Waals surface area contributed by atoms with E-state index in [4.69, 9.17) is 5.11 Å². The van der Waals surface area contributed by atoms with E-state index in [1.165, 1.54) is 12.1 Å². The average Bonchev–Trinajstić information content (AvgIpc) is 2.59. The summed E-state index contributed by atoms with van der Waals surface area (Å²) in [6.45, 7) is -0.677. The molecule has 0 atom stereocenters. The van der Waals surface area contributed by atoms with Gasteiger partial charge in [-0.25, -0.2) is 4.39 Å². The van der Waals surface area contributed by atoms with Crippen LogP contribution in [0, 0.1) is 5.82 Å². The van der Waals surface area contributed by atoms with E-state index in [1.54, 1.807) is 30.3 Å². The van der Waals surface area contributed by atoms with E-state index < -0.39 is 40.3 Å². The lowest BCUT2D eigenvalue weighted by atomic mass is 10.0. The highest BCUT2D eigenvalue weighted by atomic mass is 32.1. The van der Waals surface area contributed by atoms with Gasteiger partial charge in [0.15, 0.2) is 0 Å². The van der Waals surface area contributed by atoms with Crippen LogP contribution in [-0.4, -0.2) is 28.6 Å². The molecular weight excluding hydrogens is 361 g/mol. The minimum absolute atomic E-state index is 0.247. The lowest BCUT2D eigenvalue weighted by molar-refractivity contribution is -0.135. The molecular formula is C18H12FNO5S. The molecule has 0 radical (unpaired) electrons. The first-order valence-corrected chi connectivity index (χ1v) is 8.24. The molecule has 132 valence electrons. The average molecular weight is 373 g/mol. The number of carbonyl (C=O) groups is 2. The van der Waals surface area contributed by atoms with Gasteiger partial charge in [0.1, 0.15) is 23.7 Å². The van der Waals surface area contributed by atoms with Crippen molar-refractivity contribution in [1.29, 1.82) is 0 Å². The van der Waals surface area contributed by atoms with Crippen molar-refractivity contribution in [3.8, 4) is 16.9 Å². The maximum absolute atomic E-state index is 13.4. The highest BCUT2D eigenvalue weighted by Gasteiger charge is 2.20. The Morgan fingerprint density at radius 2 is 1.85 bits per heavy atom. The summed E-state index contributed by atoms with van der Waals surface area (Å²) < 4.78 is 13.2. The third-order valence-electron chi connectivity index (χ3n) is 3.66. The normalized spacial score (nSPS) is 10.7. The van der Waals surface area contributed by atoms with Crippen LogP contribution in [-0.2, 0) is 4.79 Å². The highest BCUT2D eigenvalue weighted by Crippen LogP contribution is 2.33. The standard InChI is InChI=1S/C18H12FNO5S/c19-11-3-1-2-9(6-11)10-4-5-13-12(7-10)16(23)15(18(25)26-13)17(24)20-8-14(21)22/h1-7,23H,8H2,(H,20,24)(H,21,22). The van der Waals surface area contributed by atoms with Gasteiger partial charge in [0.2, 0.25) is 4.74 Å². The molecule has 0 saturated heterocycles. The summed E-state index contributed by atoms with van der Waals surface area (Å²) >= 11 is 0.754. The second-order valence-electron chi connectivity index (χ2n) is 5.41. The Morgan fingerprint density at radius 3 is 2.54 bits per heavy atom. The molecule has 0 bridgehead atoms. The van der Waals surface area contributed by atoms with Gasteiger partial charge in [-0.1, -0.05) is 29.5 Å². The number of amides is 1. The molecule has 3 N–H and O–H groups in total. The van der Waals surface area contributed by atoms with Gasteiger partial charge >= 0.3 is 5.97 Å². The number of carboxylic acid groups (broad SMARTS) is 1. The topological polar surface area (TPSA) is 104 Å². The van der Waals surface area contributed by atoms with E-state index in [1.807, 2.05) is 0 Å². The third kappa shape index (κ3) is 3.40. The number of carbonyl (C=O) groups excluding carboxylic acids is 1. The van der Waals surface area contributed by atoms with E-state index >= 15 is 0 Å². The predicted molar refractivity (Wildman–Crippen MR) is 95.1 cm³/mol. The number of nitrogens with one attached hydrogen (secondary N) is 1. The van der Waals surface area contributed by atoms with E-state index in [0.29, 0.717) is 15.8 Å². The lowest BCUT2D eigenvalue weighted by Gasteiger charge is -2.09. The summed E-state index contributed by atoms with van der Waals surface area (Å²) in [4.78, 5) is 34.8. The summed E-state index contributed by atoms with van der Waals surface area (Å²) in [6, 6.07) is 10.7. The number of fused-ring (bicyclic) bond motifs is 1. The van der Waals surface area contributed by atoms with Gasteiger partial charge in [-0.2, -0.15) is 0 Å². The second-order valence-corrected chi connectivity index (χ2v) is 6.43. The number of rotatable bonds is 4. The van der Waals surface area contributed by atoms with Gasteiger partial charge in [-0.05, 0) is 35.4 Å². The molecule has 0 aliphatic heterocycles. The van der Waals surface area contributed by atoms with Crippen LogP contribution in [0.5, 0.6) is 5.75 Å². The fourth-order valence-corrected chi connectivity index (χ4v) is 3.37. The molecule has 3 aromatic rings. The van der Waals surface area contributed by atoms with Crippen LogP contribution in [0.3, 0.4) is 0 Å². The van der Waals surface area contributed by atoms with E-state index in [2.05, 4.69) is 5.32 Å². The van der Waals surface area contributed by atoms with Gasteiger partial charge in [0, 0.05) is 10.1 Å². The Kier molecular flexibility index (Phi) is 4.68. The minimum atomic E-state index is -1.27. The first-order chi connectivity index (χ1) is 12.4. The number of hydrogen-bond acceptors (Lipinski definition) is 5. The number of carboxylic acids is 1. The quantitative estimate of drug-likeness (QED) is 0.652. The first kappa shape index (κ1) is 17.6. The first-order valence-electron chi connectivity index (χ1n) is 7.42. The van der Waals surface area contributed by atoms with Crippen molar-refractivity contribution in [2.75, 3.05) is 6.54 Å². The van der Waals surface area contributed by atoms with E-state index in [-0.39, 0.29) is 5.39 Å².